The number of esters is 1. The van der Waals surface area contributed by atoms with Gasteiger partial charge in [0.25, 0.3) is 17.7 Å². The SMILES string of the molecule is CCCOC(=O)[C@H](C)NP(=O)(Oc1ccccc1)[C@@H](F)c1ccc2sc(C(=O)N[C@H]3CCCC[C@H]4CC[C@@H](C(=O)N5C(=O)N(c6ccc(C(F)(F)F)nc6)C(=O)C56CC6)N4C3=O)cc2c1. The number of hydrogen-bond donors (Lipinski definition) is 2. The first-order valence-corrected chi connectivity index (χ1v) is 23.8. The molecule has 21 heteroatoms. The maximum Gasteiger partial charge on any atom is 0.433 e. The summed E-state index contributed by atoms with van der Waals surface area (Å²) in [6, 6.07) is 10.6. The zero-order chi connectivity index (χ0) is 46.4. The number of urea groups is 1. The summed E-state index contributed by atoms with van der Waals surface area (Å²) >= 11 is 1.07. The predicted octanol–water partition coefficient (Wildman–Crippen LogP) is 8.05. The molecule has 344 valence electrons. The van der Waals surface area contributed by atoms with Crippen LogP contribution in [-0.2, 0) is 34.7 Å². The van der Waals surface area contributed by atoms with Gasteiger partial charge in [0.15, 0.2) is 0 Å². The van der Waals surface area contributed by atoms with Gasteiger partial charge in [-0.15, -0.1) is 11.3 Å². The average Bonchev–Trinajstić information content (AvgIpc) is 3.68. The number of halogens is 4. The number of alkyl halides is 4. The first kappa shape index (κ1) is 45.8. The molecule has 0 bridgehead atoms. The highest BCUT2D eigenvalue weighted by atomic mass is 32.1. The van der Waals surface area contributed by atoms with Crippen molar-refractivity contribution in [1.82, 2.24) is 25.2 Å². The van der Waals surface area contributed by atoms with E-state index in [0.29, 0.717) is 53.2 Å². The Kier molecular flexibility index (Phi) is 12.6. The Labute approximate surface area is 374 Å². The van der Waals surface area contributed by atoms with E-state index in [1.807, 2.05) is 6.92 Å². The number of fused-ring (bicyclic) bond motifs is 2. The summed E-state index contributed by atoms with van der Waals surface area (Å²) in [7, 11) is -4.53. The summed E-state index contributed by atoms with van der Waals surface area (Å²) in [6.45, 7) is 3.32. The Bertz CT molecular complexity index is 2580. The maximum absolute atomic E-state index is 16.6. The predicted molar refractivity (Wildman–Crippen MR) is 229 cm³/mol. The van der Waals surface area contributed by atoms with Crippen molar-refractivity contribution in [2.24, 2.45) is 0 Å². The van der Waals surface area contributed by atoms with E-state index in [9.17, 15) is 46.5 Å². The van der Waals surface area contributed by atoms with Crippen LogP contribution in [0.1, 0.15) is 98.5 Å². The smallest absolute Gasteiger partial charge is 0.433 e. The summed E-state index contributed by atoms with van der Waals surface area (Å²) in [6.07, 6.45) is -0.506. The number of rotatable bonds is 13. The van der Waals surface area contributed by atoms with Crippen LogP contribution in [0.4, 0.5) is 28.0 Å². The Morgan fingerprint density at radius 2 is 1.72 bits per heavy atom. The fourth-order valence-electron chi connectivity index (χ4n) is 8.68. The van der Waals surface area contributed by atoms with Crippen molar-refractivity contribution in [2.75, 3.05) is 11.5 Å². The Balaban J connectivity index is 0.992. The summed E-state index contributed by atoms with van der Waals surface area (Å²) < 4.78 is 82.0. The molecule has 4 fully saturated rings. The van der Waals surface area contributed by atoms with Gasteiger partial charge in [-0.05, 0) is 105 Å². The molecular weight excluding hydrogens is 896 g/mol. The standard InChI is InChI=1S/C44H45F4N6O9PS/c1-3-21-62-40(58)25(2)51-64(61,63-30-10-5-4-6-11-30)36(45)26-13-17-33-27(22-26)23-34(65-33)37(55)50-31-12-8-7-9-28-14-16-32(52(28)38(31)56)39(57)54-42(60)53(41(59)43(54)19-20-43)29-15-18-35(49-24-29)44(46,47)48/h4-6,10-11,13,15,17-18,22-25,28,31-32,36H,3,7-9,12,14,16,19-21H2,1-2H3,(H,50,55)(H,51,61)/t25-,28-,31-,32-,36+,64?/m0/s1. The lowest BCUT2D eigenvalue weighted by atomic mass is 9.99. The summed E-state index contributed by atoms with van der Waals surface area (Å²) in [5.41, 5.74) is -3.03. The molecule has 1 saturated carbocycles. The number of carbonyl (C=O) groups is 6. The number of ether oxygens (including phenoxy) is 1. The molecule has 2 aromatic carbocycles. The second-order valence-electron chi connectivity index (χ2n) is 16.6. The third kappa shape index (κ3) is 8.87. The number of nitrogens with one attached hydrogen (secondary N) is 2. The van der Waals surface area contributed by atoms with E-state index >= 15 is 4.39 Å². The minimum absolute atomic E-state index is 0.0561. The average molecular weight is 941 g/mol. The minimum Gasteiger partial charge on any atom is -0.465 e. The molecule has 3 aliphatic heterocycles. The van der Waals surface area contributed by atoms with Crippen molar-refractivity contribution in [3.8, 4) is 5.75 Å². The third-order valence-electron chi connectivity index (χ3n) is 12.1. The molecule has 2 N–H and O–H groups in total. The quantitative estimate of drug-likeness (QED) is 0.0572. The Morgan fingerprint density at radius 1 is 0.985 bits per heavy atom. The van der Waals surface area contributed by atoms with E-state index in [4.69, 9.17) is 9.26 Å². The number of amides is 6. The first-order valence-electron chi connectivity index (χ1n) is 21.3. The second kappa shape index (κ2) is 17.9. The van der Waals surface area contributed by atoms with Crippen molar-refractivity contribution in [3.05, 3.63) is 89.1 Å². The van der Waals surface area contributed by atoms with E-state index in [2.05, 4.69) is 15.4 Å². The first-order chi connectivity index (χ1) is 31.0. The van der Waals surface area contributed by atoms with Gasteiger partial charge >= 0.3 is 25.7 Å². The highest BCUT2D eigenvalue weighted by Gasteiger charge is 2.68. The van der Waals surface area contributed by atoms with Crippen molar-refractivity contribution < 1.29 is 60.2 Å². The normalized spacial score (nSPS) is 22.5. The van der Waals surface area contributed by atoms with E-state index in [1.54, 1.807) is 24.3 Å². The molecule has 1 aliphatic carbocycles. The van der Waals surface area contributed by atoms with Crippen LogP contribution >= 0.6 is 18.9 Å². The lowest BCUT2D eigenvalue weighted by Gasteiger charge is -2.36. The van der Waals surface area contributed by atoms with Crippen LogP contribution in [0.3, 0.4) is 0 Å². The number of nitrogens with zero attached hydrogens (tertiary/aromatic N) is 4. The van der Waals surface area contributed by atoms with Gasteiger partial charge in [0.1, 0.15) is 35.1 Å². The fraction of sp³-hybridized carbons (Fsp3) is 0.432. The maximum atomic E-state index is 16.6. The zero-order valence-electron chi connectivity index (χ0n) is 35.2. The van der Waals surface area contributed by atoms with Gasteiger partial charge in [-0.3, -0.25) is 28.5 Å². The van der Waals surface area contributed by atoms with Gasteiger partial charge < -0.3 is 19.5 Å². The second-order valence-corrected chi connectivity index (χ2v) is 19.8. The number of pyridine rings is 1. The van der Waals surface area contributed by atoms with Gasteiger partial charge in [0.2, 0.25) is 11.8 Å². The Hall–Kier alpha value is -5.72. The Morgan fingerprint density at radius 3 is 2.40 bits per heavy atom. The fourth-order valence-corrected chi connectivity index (χ4v) is 11.5. The summed E-state index contributed by atoms with van der Waals surface area (Å²) in [4.78, 5) is 89.4. The van der Waals surface area contributed by atoms with Gasteiger partial charge in [-0.2, -0.15) is 13.2 Å². The van der Waals surface area contributed by atoms with Crippen molar-refractivity contribution in [2.45, 2.75) is 113 Å². The molecule has 6 atom stereocenters. The molecule has 4 aliphatic rings. The number of anilines is 1. The molecule has 4 aromatic rings. The molecule has 15 nitrogen and oxygen atoms in total. The van der Waals surface area contributed by atoms with Crippen molar-refractivity contribution in [3.63, 3.8) is 0 Å². The van der Waals surface area contributed by atoms with E-state index in [1.165, 1.54) is 42.2 Å². The number of benzene rings is 2. The van der Waals surface area contributed by atoms with Gasteiger partial charge in [-0.25, -0.2) is 29.1 Å². The van der Waals surface area contributed by atoms with Gasteiger partial charge in [0, 0.05) is 10.7 Å². The van der Waals surface area contributed by atoms with E-state index in [0.717, 1.165) is 28.5 Å². The highest BCUT2D eigenvalue weighted by molar-refractivity contribution is 7.57. The zero-order valence-corrected chi connectivity index (χ0v) is 36.9. The number of hydrogen-bond acceptors (Lipinski definition) is 11. The molecule has 65 heavy (non-hydrogen) atoms. The molecule has 0 radical (unpaired) electrons. The van der Waals surface area contributed by atoms with Crippen LogP contribution in [0.15, 0.2) is 72.9 Å². The van der Waals surface area contributed by atoms with Crippen LogP contribution in [0.5, 0.6) is 5.75 Å². The van der Waals surface area contributed by atoms with Crippen LogP contribution in [0.2, 0.25) is 0 Å². The molecule has 6 amide bonds. The highest BCUT2D eigenvalue weighted by Crippen LogP contribution is 2.58. The molecular formula is C44H45F4N6O9PS. The van der Waals surface area contributed by atoms with Crippen LogP contribution in [0.25, 0.3) is 10.1 Å². The number of aromatic nitrogens is 1. The summed E-state index contributed by atoms with van der Waals surface area (Å²) in [5, 5.41) is 5.79. The lowest BCUT2D eigenvalue weighted by Crippen LogP contribution is -2.58. The van der Waals surface area contributed by atoms with Crippen LogP contribution < -0.4 is 19.8 Å². The number of para-hydroxylation sites is 1. The third-order valence-corrected chi connectivity index (χ3v) is 15.3. The number of carbonyl (C=O) groups excluding carboxylic acids is 6. The topological polar surface area (TPSA) is 185 Å². The monoisotopic (exact) mass is 940 g/mol. The van der Waals surface area contributed by atoms with Gasteiger partial charge in [0.05, 0.1) is 23.4 Å². The number of thiophene rings is 1. The molecule has 1 spiro atoms. The lowest BCUT2D eigenvalue weighted by molar-refractivity contribution is -0.147. The van der Waals surface area contributed by atoms with E-state index < -0.39 is 90.6 Å². The molecule has 1 unspecified atom stereocenters. The van der Waals surface area contributed by atoms with Crippen LogP contribution in [0, 0.1) is 0 Å². The summed E-state index contributed by atoms with van der Waals surface area (Å²) in [5.74, 6) is -5.60. The molecule has 5 heterocycles. The van der Waals surface area contributed by atoms with Crippen molar-refractivity contribution >= 4 is 70.3 Å². The molecule has 2 aromatic heterocycles. The number of imide groups is 2. The van der Waals surface area contributed by atoms with Gasteiger partial charge in [-0.1, -0.05) is 44.0 Å². The molecule has 8 rings (SSSR count). The van der Waals surface area contributed by atoms with Crippen LogP contribution in [-0.4, -0.2) is 86.7 Å². The van der Waals surface area contributed by atoms with E-state index in [-0.39, 0.29) is 54.2 Å². The van der Waals surface area contributed by atoms with Crippen molar-refractivity contribution in [1.29, 1.82) is 0 Å². The largest absolute Gasteiger partial charge is 0.465 e. The molecule has 3 saturated heterocycles. The minimum atomic E-state index is -4.76.